The minimum absolute atomic E-state index is 0.211. The average Bonchev–Trinajstić information content (AvgIpc) is 2.66. The first-order valence-corrected chi connectivity index (χ1v) is 4.21. The highest BCUT2D eigenvalue weighted by molar-refractivity contribution is 5.91. The van der Waals surface area contributed by atoms with Gasteiger partial charge in [0.2, 0.25) is 0 Å². The Kier molecular flexibility index (Phi) is 2.21. The molecular weight excluding hydrogens is 199 g/mol. The maximum absolute atomic E-state index is 13.2. The maximum Gasteiger partial charge on any atom is 0.328 e. The molecule has 0 bridgehead atoms. The monoisotopic (exact) mass is 206 g/mol. The van der Waals surface area contributed by atoms with Crippen LogP contribution in [0.2, 0.25) is 0 Å². The number of hydrogen-bond acceptors (Lipinski definition) is 2. The van der Waals surface area contributed by atoms with E-state index in [0.717, 1.165) is 6.08 Å². The van der Waals surface area contributed by atoms with E-state index in [1.165, 1.54) is 24.5 Å². The minimum atomic E-state index is -1.05. The number of benzene rings is 1. The fraction of sp³-hybridized carbons (Fsp3) is 0. The lowest BCUT2D eigenvalue weighted by molar-refractivity contribution is -0.131. The third kappa shape index (κ3) is 1.71. The van der Waals surface area contributed by atoms with Crippen LogP contribution in [0.25, 0.3) is 17.1 Å². The van der Waals surface area contributed by atoms with Gasteiger partial charge in [-0.25, -0.2) is 14.2 Å². The second-order valence-electron chi connectivity index (χ2n) is 2.93. The van der Waals surface area contributed by atoms with E-state index >= 15 is 0 Å². The van der Waals surface area contributed by atoms with Gasteiger partial charge in [-0.2, -0.15) is 0 Å². The molecule has 0 spiro atoms. The summed E-state index contributed by atoms with van der Waals surface area (Å²) in [6.07, 6.45) is 3.75. The van der Waals surface area contributed by atoms with Crippen LogP contribution < -0.4 is 0 Å². The predicted molar refractivity (Wildman–Crippen MR) is 52.7 cm³/mol. The van der Waals surface area contributed by atoms with Crippen LogP contribution in [0, 0.1) is 5.82 Å². The number of nitrogens with one attached hydrogen (secondary N) is 1. The van der Waals surface area contributed by atoms with Gasteiger partial charge >= 0.3 is 5.97 Å². The van der Waals surface area contributed by atoms with Crippen molar-refractivity contribution in [1.82, 2.24) is 9.97 Å². The molecule has 0 aliphatic rings. The first-order chi connectivity index (χ1) is 7.18. The number of carbonyl (C=O) groups is 1. The summed E-state index contributed by atoms with van der Waals surface area (Å²) in [5, 5.41) is 8.47. The van der Waals surface area contributed by atoms with Crippen molar-refractivity contribution in [2.45, 2.75) is 0 Å². The van der Waals surface area contributed by atoms with Gasteiger partial charge in [-0.15, -0.1) is 0 Å². The van der Waals surface area contributed by atoms with E-state index in [4.69, 9.17) is 5.11 Å². The van der Waals surface area contributed by atoms with Crippen LogP contribution in [0.4, 0.5) is 4.39 Å². The number of H-pyrrole nitrogens is 1. The van der Waals surface area contributed by atoms with Gasteiger partial charge in [0.1, 0.15) is 5.52 Å². The second kappa shape index (κ2) is 3.53. The predicted octanol–water partition coefficient (Wildman–Crippen LogP) is 1.80. The Morgan fingerprint density at radius 1 is 1.53 bits per heavy atom. The summed E-state index contributed by atoms with van der Waals surface area (Å²) in [5.41, 5.74) is 1.29. The van der Waals surface area contributed by atoms with Crippen molar-refractivity contribution in [3.05, 3.63) is 35.9 Å². The lowest BCUT2D eigenvalue weighted by atomic mass is 10.1. The summed E-state index contributed by atoms with van der Waals surface area (Å²) in [5.74, 6) is -1.48. The zero-order chi connectivity index (χ0) is 10.8. The molecule has 2 rings (SSSR count). The Morgan fingerprint density at radius 3 is 3.07 bits per heavy atom. The van der Waals surface area contributed by atoms with Crippen LogP contribution >= 0.6 is 0 Å². The third-order valence-electron chi connectivity index (χ3n) is 1.97. The van der Waals surface area contributed by atoms with Crippen molar-refractivity contribution in [1.29, 1.82) is 0 Å². The van der Waals surface area contributed by atoms with Crippen LogP contribution in [-0.4, -0.2) is 21.0 Å². The molecule has 5 heteroatoms. The summed E-state index contributed by atoms with van der Waals surface area (Å²) < 4.78 is 13.2. The van der Waals surface area contributed by atoms with Gasteiger partial charge in [0.25, 0.3) is 0 Å². The topological polar surface area (TPSA) is 66.0 Å². The number of carboxylic acid groups (broad SMARTS) is 1. The van der Waals surface area contributed by atoms with Gasteiger partial charge in [-0.1, -0.05) is 0 Å². The Bertz CT molecular complexity index is 545. The first-order valence-electron chi connectivity index (χ1n) is 4.21. The van der Waals surface area contributed by atoms with Gasteiger partial charge < -0.3 is 10.1 Å². The number of hydrogen-bond donors (Lipinski definition) is 2. The number of rotatable bonds is 2. The number of fused-ring (bicyclic) bond motifs is 1. The van der Waals surface area contributed by atoms with E-state index in [1.807, 2.05) is 0 Å². The molecule has 15 heavy (non-hydrogen) atoms. The standard InChI is InChI=1S/C10H7FN2O2/c11-7-3-1-6(2-4-8(14)15)9-10(7)13-5-12-9/h1-5H,(H,12,13)(H,14,15)/b4-2+. The highest BCUT2D eigenvalue weighted by atomic mass is 19.1. The fourth-order valence-electron chi connectivity index (χ4n) is 1.32. The zero-order valence-electron chi connectivity index (χ0n) is 7.57. The zero-order valence-corrected chi connectivity index (χ0v) is 7.57. The lowest BCUT2D eigenvalue weighted by Gasteiger charge is -1.96. The molecule has 0 radical (unpaired) electrons. The molecule has 4 nitrogen and oxygen atoms in total. The fourth-order valence-corrected chi connectivity index (χ4v) is 1.32. The van der Waals surface area contributed by atoms with Crippen molar-refractivity contribution in [2.75, 3.05) is 0 Å². The van der Waals surface area contributed by atoms with Gasteiger partial charge in [0, 0.05) is 11.6 Å². The van der Waals surface area contributed by atoms with E-state index < -0.39 is 11.8 Å². The van der Waals surface area contributed by atoms with Crippen molar-refractivity contribution >= 4 is 23.1 Å². The first kappa shape index (κ1) is 9.39. The molecule has 0 saturated heterocycles. The summed E-state index contributed by atoms with van der Waals surface area (Å²) in [6, 6.07) is 2.75. The highest BCUT2D eigenvalue weighted by Gasteiger charge is 2.06. The van der Waals surface area contributed by atoms with Crippen molar-refractivity contribution in [3.63, 3.8) is 0 Å². The van der Waals surface area contributed by atoms with Crippen LogP contribution in [0.15, 0.2) is 24.5 Å². The van der Waals surface area contributed by atoms with Crippen molar-refractivity contribution in [3.8, 4) is 0 Å². The molecule has 0 unspecified atom stereocenters. The van der Waals surface area contributed by atoms with E-state index in [1.54, 1.807) is 0 Å². The number of aromatic amines is 1. The van der Waals surface area contributed by atoms with E-state index in [9.17, 15) is 9.18 Å². The summed E-state index contributed by atoms with van der Waals surface area (Å²) in [7, 11) is 0. The van der Waals surface area contributed by atoms with Crippen molar-refractivity contribution < 1.29 is 14.3 Å². The van der Waals surface area contributed by atoms with Gasteiger partial charge in [-0.3, -0.25) is 0 Å². The summed E-state index contributed by atoms with van der Waals surface area (Å²) >= 11 is 0. The lowest BCUT2D eigenvalue weighted by Crippen LogP contribution is -1.87. The van der Waals surface area contributed by atoms with Gasteiger partial charge in [0.15, 0.2) is 5.82 Å². The molecule has 0 aliphatic heterocycles. The molecule has 0 fully saturated rings. The third-order valence-corrected chi connectivity index (χ3v) is 1.97. The number of halogens is 1. The normalized spacial score (nSPS) is 11.3. The number of aromatic nitrogens is 2. The summed E-state index contributed by atoms with van der Waals surface area (Å²) in [4.78, 5) is 16.9. The average molecular weight is 206 g/mol. The largest absolute Gasteiger partial charge is 0.478 e. The van der Waals surface area contributed by atoms with Gasteiger partial charge in [-0.05, 0) is 18.2 Å². The number of imidazole rings is 1. The molecule has 76 valence electrons. The number of carboxylic acids is 1. The Labute approximate surface area is 84.1 Å². The highest BCUT2D eigenvalue weighted by Crippen LogP contribution is 2.19. The number of nitrogens with zero attached hydrogens (tertiary/aromatic N) is 1. The molecule has 2 aromatic rings. The maximum atomic E-state index is 13.2. The van der Waals surface area contributed by atoms with E-state index in [2.05, 4.69) is 9.97 Å². The molecule has 1 heterocycles. The van der Waals surface area contributed by atoms with Gasteiger partial charge in [0.05, 0.1) is 11.8 Å². The molecule has 2 N–H and O–H groups in total. The molecule has 0 aliphatic carbocycles. The molecular formula is C10H7FN2O2. The Balaban J connectivity index is 2.57. The SMILES string of the molecule is O=C(O)/C=C/c1ccc(F)c2nc[nH]c12. The van der Waals surface area contributed by atoms with Crippen LogP contribution in [-0.2, 0) is 4.79 Å². The van der Waals surface area contributed by atoms with E-state index in [0.29, 0.717) is 11.1 Å². The smallest absolute Gasteiger partial charge is 0.328 e. The summed E-state index contributed by atoms with van der Waals surface area (Å²) in [6.45, 7) is 0. The molecule has 1 aromatic heterocycles. The number of aliphatic carboxylic acids is 1. The quantitative estimate of drug-likeness (QED) is 0.736. The molecule has 0 atom stereocenters. The minimum Gasteiger partial charge on any atom is -0.478 e. The van der Waals surface area contributed by atoms with Crippen LogP contribution in [0.1, 0.15) is 5.56 Å². The molecule has 1 aromatic carbocycles. The van der Waals surface area contributed by atoms with Crippen LogP contribution in [0.5, 0.6) is 0 Å². The van der Waals surface area contributed by atoms with Crippen molar-refractivity contribution in [2.24, 2.45) is 0 Å². The Hall–Kier alpha value is -2.17. The van der Waals surface area contributed by atoms with Crippen LogP contribution in [0.3, 0.4) is 0 Å². The van der Waals surface area contributed by atoms with E-state index in [-0.39, 0.29) is 5.52 Å². The molecule has 0 saturated carbocycles. The Morgan fingerprint density at radius 2 is 2.33 bits per heavy atom. The second-order valence-corrected chi connectivity index (χ2v) is 2.93. The molecule has 0 amide bonds.